The van der Waals surface area contributed by atoms with Gasteiger partial charge in [0.1, 0.15) is 6.04 Å². The molecule has 34 heavy (non-hydrogen) atoms. The fraction of sp³-hybridized carbons (Fsp3) is 0.333. The standard InChI is InChI=1S/C30H36N2O2/c1-22(2)31-30(34)28(20-26-10-6-5-7-11-26)32(21-27-12-8-9-24(4)19-27)29(33)18-17-25-15-13-23(3)14-16-25/h5-16,19,22,28H,17-18,20-21H2,1-4H3,(H,31,34). The van der Waals surface area contributed by atoms with Gasteiger partial charge in [0.25, 0.3) is 0 Å². The number of aryl methyl sites for hydroxylation is 3. The van der Waals surface area contributed by atoms with Gasteiger partial charge in [-0.05, 0) is 50.8 Å². The molecule has 1 N–H and O–H groups in total. The summed E-state index contributed by atoms with van der Waals surface area (Å²) in [4.78, 5) is 28.8. The van der Waals surface area contributed by atoms with Crippen molar-refractivity contribution in [1.29, 1.82) is 0 Å². The van der Waals surface area contributed by atoms with Gasteiger partial charge in [0.15, 0.2) is 0 Å². The van der Waals surface area contributed by atoms with Gasteiger partial charge in [0, 0.05) is 25.4 Å². The highest BCUT2D eigenvalue weighted by Gasteiger charge is 2.30. The molecule has 0 radical (unpaired) electrons. The fourth-order valence-electron chi connectivity index (χ4n) is 4.09. The molecule has 0 spiro atoms. The van der Waals surface area contributed by atoms with Crippen molar-refractivity contribution in [3.63, 3.8) is 0 Å². The maximum atomic E-state index is 13.6. The first-order valence-corrected chi connectivity index (χ1v) is 12.1. The van der Waals surface area contributed by atoms with Crippen LogP contribution in [0.15, 0.2) is 78.9 Å². The van der Waals surface area contributed by atoms with E-state index in [0.717, 1.165) is 22.3 Å². The number of amides is 2. The minimum Gasteiger partial charge on any atom is -0.352 e. The summed E-state index contributed by atoms with van der Waals surface area (Å²) in [5, 5.41) is 3.04. The molecule has 4 nitrogen and oxygen atoms in total. The largest absolute Gasteiger partial charge is 0.352 e. The summed E-state index contributed by atoms with van der Waals surface area (Å²) in [5.74, 6) is -0.128. The van der Waals surface area contributed by atoms with Crippen LogP contribution < -0.4 is 5.32 Å². The summed E-state index contributed by atoms with van der Waals surface area (Å²) in [7, 11) is 0. The molecule has 0 fully saturated rings. The van der Waals surface area contributed by atoms with Gasteiger partial charge >= 0.3 is 0 Å². The number of benzene rings is 3. The summed E-state index contributed by atoms with van der Waals surface area (Å²) in [6.45, 7) is 8.39. The quantitative estimate of drug-likeness (QED) is 0.444. The van der Waals surface area contributed by atoms with Crippen LogP contribution in [0.25, 0.3) is 0 Å². The molecule has 4 heteroatoms. The SMILES string of the molecule is Cc1ccc(CCC(=O)N(Cc2cccc(C)c2)C(Cc2ccccc2)C(=O)NC(C)C)cc1. The smallest absolute Gasteiger partial charge is 0.243 e. The average molecular weight is 457 g/mol. The van der Waals surface area contributed by atoms with E-state index in [1.54, 1.807) is 4.90 Å². The molecule has 1 atom stereocenters. The van der Waals surface area contributed by atoms with E-state index in [0.29, 0.717) is 25.8 Å². The van der Waals surface area contributed by atoms with E-state index in [1.165, 1.54) is 5.56 Å². The van der Waals surface area contributed by atoms with Crippen molar-refractivity contribution in [2.45, 2.75) is 65.6 Å². The van der Waals surface area contributed by atoms with Gasteiger partial charge in [0.2, 0.25) is 11.8 Å². The lowest BCUT2D eigenvalue weighted by atomic mass is 10.0. The fourth-order valence-corrected chi connectivity index (χ4v) is 4.09. The number of carbonyl (C=O) groups is 2. The monoisotopic (exact) mass is 456 g/mol. The van der Waals surface area contributed by atoms with E-state index in [4.69, 9.17) is 0 Å². The van der Waals surface area contributed by atoms with Gasteiger partial charge in [-0.1, -0.05) is 90.0 Å². The number of hydrogen-bond donors (Lipinski definition) is 1. The molecular weight excluding hydrogens is 420 g/mol. The van der Waals surface area contributed by atoms with Crippen molar-refractivity contribution in [1.82, 2.24) is 10.2 Å². The Morgan fingerprint density at radius 1 is 0.794 bits per heavy atom. The molecule has 178 valence electrons. The third-order valence-electron chi connectivity index (χ3n) is 5.89. The zero-order valence-corrected chi connectivity index (χ0v) is 20.8. The van der Waals surface area contributed by atoms with Crippen LogP contribution in [-0.2, 0) is 29.0 Å². The van der Waals surface area contributed by atoms with Crippen molar-refractivity contribution >= 4 is 11.8 Å². The van der Waals surface area contributed by atoms with Crippen LogP contribution in [-0.4, -0.2) is 28.8 Å². The van der Waals surface area contributed by atoms with E-state index < -0.39 is 6.04 Å². The van der Waals surface area contributed by atoms with Gasteiger partial charge in [-0.15, -0.1) is 0 Å². The molecule has 0 heterocycles. The number of hydrogen-bond acceptors (Lipinski definition) is 2. The van der Waals surface area contributed by atoms with E-state index in [1.807, 2.05) is 69.3 Å². The minimum atomic E-state index is -0.587. The zero-order valence-electron chi connectivity index (χ0n) is 20.8. The number of rotatable bonds is 10. The number of nitrogens with one attached hydrogen (secondary N) is 1. The Morgan fingerprint density at radius 3 is 2.12 bits per heavy atom. The van der Waals surface area contributed by atoms with E-state index >= 15 is 0 Å². The van der Waals surface area contributed by atoms with E-state index in [2.05, 4.69) is 42.6 Å². The third kappa shape index (κ3) is 7.58. The number of carbonyl (C=O) groups excluding carboxylic acids is 2. The molecule has 2 amide bonds. The lowest BCUT2D eigenvalue weighted by Gasteiger charge is -2.32. The average Bonchev–Trinajstić information content (AvgIpc) is 2.81. The molecule has 3 rings (SSSR count). The van der Waals surface area contributed by atoms with Crippen LogP contribution in [0.3, 0.4) is 0 Å². The van der Waals surface area contributed by atoms with Gasteiger partial charge in [-0.2, -0.15) is 0 Å². The normalized spacial score (nSPS) is 11.8. The van der Waals surface area contributed by atoms with E-state index in [-0.39, 0.29) is 17.9 Å². The third-order valence-corrected chi connectivity index (χ3v) is 5.89. The summed E-state index contributed by atoms with van der Waals surface area (Å²) < 4.78 is 0. The van der Waals surface area contributed by atoms with Gasteiger partial charge < -0.3 is 10.2 Å². The summed E-state index contributed by atoms with van der Waals surface area (Å²) in [5.41, 5.74) is 5.52. The Labute approximate surface area is 204 Å². The molecule has 3 aromatic carbocycles. The first kappa shape index (κ1) is 25.2. The molecule has 0 saturated heterocycles. The second kappa shape index (κ2) is 12.2. The van der Waals surface area contributed by atoms with Gasteiger partial charge in [-0.25, -0.2) is 0 Å². The van der Waals surface area contributed by atoms with Crippen molar-refractivity contribution in [3.8, 4) is 0 Å². The Balaban J connectivity index is 1.90. The number of nitrogens with zero attached hydrogens (tertiary/aromatic N) is 1. The maximum absolute atomic E-state index is 13.6. The molecule has 3 aromatic rings. The first-order valence-electron chi connectivity index (χ1n) is 12.1. The summed E-state index contributed by atoms with van der Waals surface area (Å²) in [6.07, 6.45) is 1.48. The van der Waals surface area contributed by atoms with Crippen molar-refractivity contribution in [3.05, 3.63) is 107 Å². The first-order chi connectivity index (χ1) is 16.3. The van der Waals surface area contributed by atoms with Crippen LogP contribution in [0, 0.1) is 13.8 Å². The predicted octanol–water partition coefficient (Wildman–Crippen LogP) is 5.40. The van der Waals surface area contributed by atoms with Gasteiger partial charge in [0.05, 0.1) is 0 Å². The summed E-state index contributed by atoms with van der Waals surface area (Å²) in [6, 6.07) is 25.8. The summed E-state index contributed by atoms with van der Waals surface area (Å²) >= 11 is 0. The Bertz CT molecular complexity index is 1070. The lowest BCUT2D eigenvalue weighted by molar-refractivity contribution is -0.141. The Morgan fingerprint density at radius 2 is 1.47 bits per heavy atom. The molecule has 0 aliphatic carbocycles. The van der Waals surface area contributed by atoms with E-state index in [9.17, 15) is 9.59 Å². The van der Waals surface area contributed by atoms with Crippen LogP contribution in [0.2, 0.25) is 0 Å². The van der Waals surface area contributed by atoms with Gasteiger partial charge in [-0.3, -0.25) is 9.59 Å². The van der Waals surface area contributed by atoms with Crippen LogP contribution >= 0.6 is 0 Å². The second-order valence-electron chi connectivity index (χ2n) is 9.37. The zero-order chi connectivity index (χ0) is 24.5. The second-order valence-corrected chi connectivity index (χ2v) is 9.37. The molecule has 0 saturated carbocycles. The van der Waals surface area contributed by atoms with Crippen LogP contribution in [0.1, 0.15) is 48.1 Å². The maximum Gasteiger partial charge on any atom is 0.243 e. The lowest BCUT2D eigenvalue weighted by Crippen LogP contribution is -2.51. The van der Waals surface area contributed by atoms with Crippen LogP contribution in [0.4, 0.5) is 0 Å². The minimum absolute atomic E-state index is 0.00532. The molecule has 0 aromatic heterocycles. The van der Waals surface area contributed by atoms with Crippen molar-refractivity contribution < 1.29 is 9.59 Å². The topological polar surface area (TPSA) is 49.4 Å². The highest BCUT2D eigenvalue weighted by molar-refractivity contribution is 5.88. The predicted molar refractivity (Wildman–Crippen MR) is 138 cm³/mol. The van der Waals surface area contributed by atoms with Crippen LogP contribution in [0.5, 0.6) is 0 Å². The molecule has 0 bridgehead atoms. The molecular formula is C30H36N2O2. The Kier molecular flexibility index (Phi) is 9.03. The molecule has 0 aliphatic heterocycles. The Hall–Kier alpha value is -3.40. The van der Waals surface area contributed by atoms with Crippen molar-refractivity contribution in [2.24, 2.45) is 0 Å². The highest BCUT2D eigenvalue weighted by Crippen LogP contribution is 2.18. The molecule has 1 unspecified atom stereocenters. The highest BCUT2D eigenvalue weighted by atomic mass is 16.2. The molecule has 0 aliphatic rings. The van der Waals surface area contributed by atoms with Crippen molar-refractivity contribution in [2.75, 3.05) is 0 Å².